The number of thiazole rings is 1. The number of aromatic nitrogens is 1. The van der Waals surface area contributed by atoms with E-state index in [1.807, 2.05) is 12.3 Å². The molecule has 0 radical (unpaired) electrons. The average molecular weight is 325 g/mol. The van der Waals surface area contributed by atoms with E-state index in [-0.39, 0.29) is 6.03 Å². The molecule has 0 saturated carbocycles. The Hall–Kier alpha value is -1.18. The van der Waals surface area contributed by atoms with Crippen LogP contribution in [0.1, 0.15) is 24.5 Å². The van der Waals surface area contributed by atoms with Crippen LogP contribution in [0.2, 0.25) is 0 Å². The lowest BCUT2D eigenvalue weighted by Crippen LogP contribution is -2.52. The third-order valence-corrected chi connectivity index (χ3v) is 5.07. The Labute approximate surface area is 136 Å². The zero-order valence-electron chi connectivity index (χ0n) is 13.8. The summed E-state index contributed by atoms with van der Waals surface area (Å²) in [5.74, 6) is 0. The number of carbonyl (C=O) groups excluding carboxylic acids is 1. The number of urea groups is 1. The predicted molar refractivity (Wildman–Crippen MR) is 90.2 cm³/mol. The highest BCUT2D eigenvalue weighted by Gasteiger charge is 2.20. The Bertz CT molecular complexity index is 470. The van der Waals surface area contributed by atoms with Crippen molar-refractivity contribution in [3.05, 3.63) is 16.1 Å². The van der Waals surface area contributed by atoms with Crippen LogP contribution < -0.4 is 10.6 Å². The zero-order valence-corrected chi connectivity index (χ0v) is 14.6. The number of likely N-dealkylation sites (N-methyl/N-ethyl adjacent to an activating group) is 1. The fraction of sp³-hybridized carbons (Fsp3) is 0.733. The number of nitrogens with zero attached hydrogens (tertiary/aromatic N) is 3. The second-order valence-corrected chi connectivity index (χ2v) is 6.71. The maximum atomic E-state index is 11.8. The molecule has 6 nitrogen and oxygen atoms in total. The standard InChI is InChI=1S/C15H27N5OS/c1-4-19-5-7-20(8-6-19)13(3)9-16-15(21)17-10-14-18-12(2)11-22-14/h11,13H,4-10H2,1-3H3,(H2,16,17,21)/t13-/m1/s1. The lowest BCUT2D eigenvalue weighted by molar-refractivity contribution is 0.106. The molecule has 2 amide bonds. The molecule has 0 spiro atoms. The Morgan fingerprint density at radius 1 is 1.36 bits per heavy atom. The molecule has 1 fully saturated rings. The monoisotopic (exact) mass is 325 g/mol. The molecule has 1 saturated heterocycles. The van der Waals surface area contributed by atoms with Gasteiger partial charge in [0.05, 0.1) is 6.54 Å². The number of amides is 2. The zero-order chi connectivity index (χ0) is 15.9. The molecule has 0 unspecified atom stereocenters. The van der Waals surface area contributed by atoms with Crippen LogP contribution in [0.5, 0.6) is 0 Å². The number of carbonyl (C=O) groups is 1. The van der Waals surface area contributed by atoms with Gasteiger partial charge in [0.25, 0.3) is 0 Å². The molecule has 22 heavy (non-hydrogen) atoms. The Morgan fingerprint density at radius 3 is 2.68 bits per heavy atom. The topological polar surface area (TPSA) is 60.5 Å². The second-order valence-electron chi connectivity index (χ2n) is 5.77. The first-order chi connectivity index (χ1) is 10.6. The molecule has 2 heterocycles. The molecule has 1 atom stereocenters. The van der Waals surface area contributed by atoms with Crippen molar-refractivity contribution >= 4 is 17.4 Å². The molecule has 1 aromatic rings. The minimum atomic E-state index is -0.119. The van der Waals surface area contributed by atoms with Crippen molar-refractivity contribution in [1.29, 1.82) is 0 Å². The van der Waals surface area contributed by atoms with Crippen molar-refractivity contribution in [1.82, 2.24) is 25.4 Å². The van der Waals surface area contributed by atoms with Gasteiger partial charge in [0.1, 0.15) is 5.01 Å². The molecule has 124 valence electrons. The summed E-state index contributed by atoms with van der Waals surface area (Å²) >= 11 is 1.57. The summed E-state index contributed by atoms with van der Waals surface area (Å²) in [6.07, 6.45) is 0. The van der Waals surface area contributed by atoms with Gasteiger partial charge >= 0.3 is 6.03 Å². The fourth-order valence-corrected chi connectivity index (χ4v) is 3.30. The highest BCUT2D eigenvalue weighted by molar-refractivity contribution is 7.09. The van der Waals surface area contributed by atoms with Crippen LogP contribution in [-0.2, 0) is 6.54 Å². The minimum absolute atomic E-state index is 0.119. The summed E-state index contributed by atoms with van der Waals surface area (Å²) in [6.45, 7) is 13.0. The van der Waals surface area contributed by atoms with Crippen molar-refractivity contribution in [2.24, 2.45) is 0 Å². The van der Waals surface area contributed by atoms with Gasteiger partial charge in [0.2, 0.25) is 0 Å². The van der Waals surface area contributed by atoms with Gasteiger partial charge in [-0.2, -0.15) is 0 Å². The molecule has 0 bridgehead atoms. The third kappa shape index (κ3) is 5.23. The van der Waals surface area contributed by atoms with Crippen molar-refractivity contribution in [3.8, 4) is 0 Å². The van der Waals surface area contributed by atoms with Gasteiger partial charge in [0.15, 0.2) is 0 Å². The summed E-state index contributed by atoms with van der Waals surface area (Å²) in [7, 11) is 0. The van der Waals surface area contributed by atoms with Gasteiger partial charge < -0.3 is 15.5 Å². The molecular weight excluding hydrogens is 298 g/mol. The van der Waals surface area contributed by atoms with E-state index in [0.717, 1.165) is 43.4 Å². The molecule has 1 aromatic heterocycles. The minimum Gasteiger partial charge on any atom is -0.337 e. The normalized spacial score (nSPS) is 18.1. The third-order valence-electron chi connectivity index (χ3n) is 4.10. The van der Waals surface area contributed by atoms with E-state index >= 15 is 0 Å². The number of hydrogen-bond donors (Lipinski definition) is 2. The smallest absolute Gasteiger partial charge is 0.315 e. The number of piperazine rings is 1. The van der Waals surface area contributed by atoms with Crippen molar-refractivity contribution < 1.29 is 4.79 Å². The summed E-state index contributed by atoms with van der Waals surface area (Å²) in [5.41, 5.74) is 1.00. The van der Waals surface area contributed by atoms with Crippen LogP contribution in [0.25, 0.3) is 0 Å². The van der Waals surface area contributed by atoms with Gasteiger partial charge in [-0.15, -0.1) is 11.3 Å². The summed E-state index contributed by atoms with van der Waals surface area (Å²) in [6, 6.07) is 0.249. The highest BCUT2D eigenvalue weighted by atomic mass is 32.1. The first-order valence-electron chi connectivity index (χ1n) is 7.97. The van der Waals surface area contributed by atoms with Crippen molar-refractivity contribution in [2.75, 3.05) is 39.3 Å². The Kier molecular flexibility index (Phi) is 6.60. The number of hydrogen-bond acceptors (Lipinski definition) is 5. The average Bonchev–Trinajstić information content (AvgIpc) is 2.96. The Balaban J connectivity index is 1.63. The van der Waals surface area contributed by atoms with E-state index in [0.29, 0.717) is 19.1 Å². The molecule has 2 rings (SSSR count). The van der Waals surface area contributed by atoms with E-state index in [9.17, 15) is 4.79 Å². The molecule has 7 heteroatoms. The van der Waals surface area contributed by atoms with Crippen LogP contribution in [0.15, 0.2) is 5.38 Å². The van der Waals surface area contributed by atoms with Gasteiger partial charge in [0, 0.05) is 49.8 Å². The van der Waals surface area contributed by atoms with Gasteiger partial charge in [-0.1, -0.05) is 6.92 Å². The quantitative estimate of drug-likeness (QED) is 0.827. The molecule has 0 aromatic carbocycles. The molecule has 0 aliphatic carbocycles. The predicted octanol–water partition coefficient (Wildman–Crippen LogP) is 1.28. The Morgan fingerprint density at radius 2 is 2.09 bits per heavy atom. The SMILES string of the molecule is CCN1CCN([C@H](C)CNC(=O)NCc2nc(C)cs2)CC1. The molecule has 1 aliphatic heterocycles. The van der Waals surface area contributed by atoms with Crippen LogP contribution in [0.3, 0.4) is 0 Å². The lowest BCUT2D eigenvalue weighted by Gasteiger charge is -2.37. The highest BCUT2D eigenvalue weighted by Crippen LogP contribution is 2.08. The van der Waals surface area contributed by atoms with E-state index in [1.54, 1.807) is 11.3 Å². The largest absolute Gasteiger partial charge is 0.337 e. The van der Waals surface area contributed by atoms with Crippen LogP contribution in [0.4, 0.5) is 4.79 Å². The van der Waals surface area contributed by atoms with E-state index in [2.05, 4.69) is 39.3 Å². The summed E-state index contributed by atoms with van der Waals surface area (Å²) in [5, 5.41) is 8.75. The first-order valence-corrected chi connectivity index (χ1v) is 8.85. The van der Waals surface area contributed by atoms with Gasteiger partial charge in [-0.3, -0.25) is 4.90 Å². The maximum Gasteiger partial charge on any atom is 0.315 e. The summed E-state index contributed by atoms with van der Waals surface area (Å²) in [4.78, 5) is 21.1. The van der Waals surface area contributed by atoms with E-state index in [1.165, 1.54) is 0 Å². The van der Waals surface area contributed by atoms with Crippen molar-refractivity contribution in [3.63, 3.8) is 0 Å². The number of aryl methyl sites for hydroxylation is 1. The van der Waals surface area contributed by atoms with Crippen LogP contribution in [0, 0.1) is 6.92 Å². The maximum absolute atomic E-state index is 11.8. The van der Waals surface area contributed by atoms with Crippen molar-refractivity contribution in [2.45, 2.75) is 33.4 Å². The second kappa shape index (κ2) is 8.45. The summed E-state index contributed by atoms with van der Waals surface area (Å²) < 4.78 is 0. The van der Waals surface area contributed by atoms with E-state index in [4.69, 9.17) is 0 Å². The van der Waals surface area contributed by atoms with Gasteiger partial charge in [-0.25, -0.2) is 9.78 Å². The van der Waals surface area contributed by atoms with Gasteiger partial charge in [-0.05, 0) is 20.4 Å². The molecular formula is C15H27N5OS. The number of rotatable bonds is 6. The van der Waals surface area contributed by atoms with E-state index < -0.39 is 0 Å². The fourth-order valence-electron chi connectivity index (χ4n) is 2.59. The van der Waals surface area contributed by atoms with Crippen LogP contribution >= 0.6 is 11.3 Å². The van der Waals surface area contributed by atoms with Crippen LogP contribution in [-0.4, -0.2) is 66.1 Å². The number of nitrogens with one attached hydrogen (secondary N) is 2. The first kappa shape index (κ1) is 17.2. The molecule has 1 aliphatic rings. The lowest BCUT2D eigenvalue weighted by atomic mass is 10.2. The molecule has 2 N–H and O–H groups in total.